The van der Waals surface area contributed by atoms with E-state index in [1.54, 1.807) is 7.11 Å². The van der Waals surface area contributed by atoms with Gasteiger partial charge >= 0.3 is 0 Å². The second-order valence-corrected chi connectivity index (χ2v) is 4.85. The molecule has 1 heterocycles. The van der Waals surface area contributed by atoms with Gasteiger partial charge < -0.3 is 14.5 Å². The van der Waals surface area contributed by atoms with Gasteiger partial charge in [-0.3, -0.25) is 0 Å². The molecule has 0 amide bonds. The van der Waals surface area contributed by atoms with E-state index < -0.39 is 0 Å². The number of hydrogen-bond donors (Lipinski definition) is 1. The van der Waals surface area contributed by atoms with Crippen LogP contribution in [0.1, 0.15) is 19.5 Å². The highest BCUT2D eigenvalue weighted by atomic mass is 16.5. The van der Waals surface area contributed by atoms with Gasteiger partial charge in [-0.2, -0.15) is 0 Å². The summed E-state index contributed by atoms with van der Waals surface area (Å²) in [6.45, 7) is 6.01. The zero-order valence-electron chi connectivity index (χ0n) is 11.6. The lowest BCUT2D eigenvalue weighted by Crippen LogP contribution is -2.19. The van der Waals surface area contributed by atoms with Crippen molar-refractivity contribution in [1.82, 2.24) is 10.3 Å². The Morgan fingerprint density at radius 2 is 2.11 bits per heavy atom. The van der Waals surface area contributed by atoms with Crippen molar-refractivity contribution in [3.8, 4) is 17.1 Å². The molecule has 0 fully saturated rings. The van der Waals surface area contributed by atoms with E-state index in [9.17, 15) is 0 Å². The van der Waals surface area contributed by atoms with Crippen LogP contribution in [0.3, 0.4) is 0 Å². The van der Waals surface area contributed by atoms with Gasteiger partial charge in [0.2, 0.25) is 0 Å². The summed E-state index contributed by atoms with van der Waals surface area (Å²) in [5.74, 6) is 2.18. The van der Waals surface area contributed by atoms with Crippen molar-refractivity contribution >= 4 is 0 Å². The molecule has 0 spiro atoms. The number of nitrogens with one attached hydrogen (secondary N) is 1. The number of nitrogens with zero attached hydrogens (tertiary/aromatic N) is 1. The van der Waals surface area contributed by atoms with Gasteiger partial charge in [-0.15, -0.1) is 0 Å². The molecular weight excluding hydrogens is 240 g/mol. The van der Waals surface area contributed by atoms with E-state index in [-0.39, 0.29) is 0 Å². The first kappa shape index (κ1) is 13.6. The number of aromatic nitrogens is 1. The molecule has 4 heteroatoms. The van der Waals surface area contributed by atoms with Crippen LogP contribution >= 0.6 is 0 Å². The average Bonchev–Trinajstić information content (AvgIpc) is 2.86. The van der Waals surface area contributed by atoms with Crippen molar-refractivity contribution < 1.29 is 9.15 Å². The van der Waals surface area contributed by atoms with Crippen molar-refractivity contribution in [2.45, 2.75) is 20.4 Å². The van der Waals surface area contributed by atoms with E-state index in [1.165, 1.54) is 6.39 Å². The molecule has 0 aliphatic heterocycles. The zero-order valence-corrected chi connectivity index (χ0v) is 11.6. The molecule has 0 bridgehead atoms. The largest absolute Gasteiger partial charge is 0.496 e. The highest BCUT2D eigenvalue weighted by molar-refractivity contribution is 5.67. The topological polar surface area (TPSA) is 47.3 Å². The first-order valence-electron chi connectivity index (χ1n) is 6.48. The molecule has 2 rings (SSSR count). The maximum Gasteiger partial charge on any atom is 0.181 e. The van der Waals surface area contributed by atoms with Crippen molar-refractivity contribution in [1.29, 1.82) is 0 Å². The minimum atomic E-state index is 0.613. The molecule has 1 N–H and O–H groups in total. The SMILES string of the molecule is COc1ccccc1-c1ocnc1CNCC(C)C. The molecular formula is C15H20N2O2. The van der Waals surface area contributed by atoms with Crippen LogP contribution in [0.15, 0.2) is 35.1 Å². The summed E-state index contributed by atoms with van der Waals surface area (Å²) < 4.78 is 10.9. The van der Waals surface area contributed by atoms with E-state index in [4.69, 9.17) is 9.15 Å². The predicted molar refractivity (Wildman–Crippen MR) is 75.0 cm³/mol. The van der Waals surface area contributed by atoms with E-state index in [1.807, 2.05) is 24.3 Å². The van der Waals surface area contributed by atoms with Gasteiger partial charge in [0.1, 0.15) is 11.4 Å². The van der Waals surface area contributed by atoms with Crippen molar-refractivity contribution in [2.24, 2.45) is 5.92 Å². The fourth-order valence-electron chi connectivity index (χ4n) is 1.93. The number of oxazole rings is 1. The highest BCUT2D eigenvalue weighted by Crippen LogP contribution is 2.31. The minimum Gasteiger partial charge on any atom is -0.496 e. The quantitative estimate of drug-likeness (QED) is 0.867. The number of methoxy groups -OCH3 is 1. The zero-order chi connectivity index (χ0) is 13.7. The van der Waals surface area contributed by atoms with Crippen LogP contribution < -0.4 is 10.1 Å². The molecule has 0 saturated carbocycles. The molecule has 102 valence electrons. The van der Waals surface area contributed by atoms with Crippen LogP contribution in [0.4, 0.5) is 0 Å². The van der Waals surface area contributed by atoms with Gasteiger partial charge in [-0.25, -0.2) is 4.98 Å². The maximum absolute atomic E-state index is 5.52. The smallest absolute Gasteiger partial charge is 0.181 e. The summed E-state index contributed by atoms with van der Waals surface area (Å²) in [4.78, 5) is 4.28. The Morgan fingerprint density at radius 3 is 2.84 bits per heavy atom. The summed E-state index contributed by atoms with van der Waals surface area (Å²) in [6, 6.07) is 7.80. The highest BCUT2D eigenvalue weighted by Gasteiger charge is 2.14. The van der Waals surface area contributed by atoms with Gasteiger partial charge in [0.25, 0.3) is 0 Å². The lowest BCUT2D eigenvalue weighted by molar-refractivity contribution is 0.414. The summed E-state index contributed by atoms with van der Waals surface area (Å²) in [5.41, 5.74) is 1.84. The fraction of sp³-hybridized carbons (Fsp3) is 0.400. The Kier molecular flexibility index (Phi) is 4.58. The van der Waals surface area contributed by atoms with Crippen LogP contribution in [0.2, 0.25) is 0 Å². The Bertz CT molecular complexity index is 520. The Hall–Kier alpha value is -1.81. The van der Waals surface area contributed by atoms with Gasteiger partial charge in [-0.05, 0) is 24.6 Å². The van der Waals surface area contributed by atoms with Crippen LogP contribution in [0.5, 0.6) is 5.75 Å². The monoisotopic (exact) mass is 260 g/mol. The van der Waals surface area contributed by atoms with E-state index in [2.05, 4.69) is 24.1 Å². The molecule has 1 aromatic heterocycles. The molecule has 0 aliphatic carbocycles. The Labute approximate surface area is 113 Å². The molecule has 0 unspecified atom stereocenters. The lowest BCUT2D eigenvalue weighted by Gasteiger charge is -2.08. The fourth-order valence-corrected chi connectivity index (χ4v) is 1.93. The third-order valence-electron chi connectivity index (χ3n) is 2.84. The summed E-state index contributed by atoms with van der Waals surface area (Å²) >= 11 is 0. The molecule has 0 atom stereocenters. The molecule has 2 aromatic rings. The van der Waals surface area contributed by atoms with Crippen molar-refractivity contribution in [3.63, 3.8) is 0 Å². The van der Waals surface area contributed by atoms with Crippen LogP contribution in [0.25, 0.3) is 11.3 Å². The molecule has 1 aromatic carbocycles. The van der Waals surface area contributed by atoms with Gasteiger partial charge in [0, 0.05) is 6.54 Å². The second kappa shape index (κ2) is 6.38. The van der Waals surface area contributed by atoms with Gasteiger partial charge in [0.15, 0.2) is 12.2 Å². The van der Waals surface area contributed by atoms with Gasteiger partial charge in [-0.1, -0.05) is 26.0 Å². The van der Waals surface area contributed by atoms with Crippen molar-refractivity contribution in [3.05, 3.63) is 36.4 Å². The Morgan fingerprint density at radius 1 is 1.32 bits per heavy atom. The number of ether oxygens (including phenoxy) is 1. The minimum absolute atomic E-state index is 0.613. The summed E-state index contributed by atoms with van der Waals surface area (Å²) in [5, 5.41) is 3.37. The van der Waals surface area contributed by atoms with Crippen LogP contribution in [-0.4, -0.2) is 18.6 Å². The summed E-state index contributed by atoms with van der Waals surface area (Å²) in [6.07, 6.45) is 1.48. The molecule has 0 aliphatic rings. The van der Waals surface area contributed by atoms with Gasteiger partial charge in [0.05, 0.1) is 12.7 Å². The second-order valence-electron chi connectivity index (χ2n) is 4.85. The molecule has 0 radical (unpaired) electrons. The average molecular weight is 260 g/mol. The predicted octanol–water partition coefficient (Wildman–Crippen LogP) is 3.10. The molecule has 4 nitrogen and oxygen atoms in total. The number of para-hydroxylation sites is 1. The van der Waals surface area contributed by atoms with E-state index >= 15 is 0 Å². The lowest BCUT2D eigenvalue weighted by atomic mass is 10.1. The molecule has 0 saturated heterocycles. The number of hydrogen-bond acceptors (Lipinski definition) is 4. The first-order valence-corrected chi connectivity index (χ1v) is 6.48. The number of benzene rings is 1. The van der Waals surface area contributed by atoms with Crippen LogP contribution in [0, 0.1) is 5.92 Å². The van der Waals surface area contributed by atoms with E-state index in [0.717, 1.165) is 29.3 Å². The van der Waals surface area contributed by atoms with E-state index in [0.29, 0.717) is 12.5 Å². The third kappa shape index (κ3) is 3.35. The third-order valence-corrected chi connectivity index (χ3v) is 2.84. The first-order chi connectivity index (χ1) is 9.22. The maximum atomic E-state index is 5.52. The van der Waals surface area contributed by atoms with Crippen LogP contribution in [-0.2, 0) is 6.54 Å². The Balaban J connectivity index is 2.19. The summed E-state index contributed by atoms with van der Waals surface area (Å²) in [7, 11) is 1.66. The standard InChI is InChI=1S/C15H20N2O2/c1-11(2)8-16-9-13-15(19-10-17-13)12-6-4-5-7-14(12)18-3/h4-7,10-11,16H,8-9H2,1-3H3. The van der Waals surface area contributed by atoms with Crippen molar-refractivity contribution in [2.75, 3.05) is 13.7 Å². The molecule has 19 heavy (non-hydrogen) atoms. The number of rotatable bonds is 6. The normalized spacial score (nSPS) is 10.9.